The Balaban J connectivity index is 1.78. The standard InChI is InChI=1S/C16H18N4O4/c1-18-7-3-6-14(18)15-11-24-9-8-19(15)16(21)17-12-4-2-5-13(10-12)20(22)23/h2-7,10,15H,8-9,11H2,1H3,(H,17,21). The minimum absolute atomic E-state index is 0.0613. The van der Waals surface area contributed by atoms with Crippen LogP contribution in [0.15, 0.2) is 42.6 Å². The van der Waals surface area contributed by atoms with Gasteiger partial charge in [-0.25, -0.2) is 4.79 Å². The number of nitro groups is 1. The van der Waals surface area contributed by atoms with Crippen molar-refractivity contribution in [3.05, 3.63) is 58.4 Å². The van der Waals surface area contributed by atoms with Gasteiger partial charge in [0.15, 0.2) is 0 Å². The van der Waals surface area contributed by atoms with E-state index in [1.165, 1.54) is 12.1 Å². The highest BCUT2D eigenvalue weighted by Gasteiger charge is 2.30. The number of benzene rings is 1. The Kier molecular flexibility index (Phi) is 4.48. The largest absolute Gasteiger partial charge is 0.377 e. The molecule has 0 radical (unpaired) electrons. The van der Waals surface area contributed by atoms with Crippen LogP contribution in [0.3, 0.4) is 0 Å². The highest BCUT2D eigenvalue weighted by molar-refractivity contribution is 5.90. The fraction of sp³-hybridized carbons (Fsp3) is 0.312. The molecule has 24 heavy (non-hydrogen) atoms. The first kappa shape index (κ1) is 16.0. The van der Waals surface area contributed by atoms with E-state index in [2.05, 4.69) is 5.32 Å². The normalized spacial score (nSPS) is 17.5. The summed E-state index contributed by atoms with van der Waals surface area (Å²) in [5, 5.41) is 13.6. The van der Waals surface area contributed by atoms with Crippen molar-refractivity contribution in [3.8, 4) is 0 Å². The van der Waals surface area contributed by atoms with Gasteiger partial charge in [0, 0.05) is 43.3 Å². The first-order chi connectivity index (χ1) is 11.6. The third-order valence-corrected chi connectivity index (χ3v) is 4.02. The molecule has 0 spiro atoms. The second-order valence-corrected chi connectivity index (χ2v) is 5.57. The molecule has 0 aliphatic carbocycles. The second kappa shape index (κ2) is 6.71. The lowest BCUT2D eigenvalue weighted by Gasteiger charge is -2.35. The topological polar surface area (TPSA) is 89.6 Å². The summed E-state index contributed by atoms with van der Waals surface area (Å²) in [6, 6.07) is 9.27. The van der Waals surface area contributed by atoms with E-state index in [-0.39, 0.29) is 17.8 Å². The summed E-state index contributed by atoms with van der Waals surface area (Å²) in [6.07, 6.45) is 1.92. The van der Waals surface area contributed by atoms with Crippen LogP contribution in [0, 0.1) is 10.1 Å². The Morgan fingerprint density at radius 2 is 2.21 bits per heavy atom. The Hall–Kier alpha value is -2.87. The quantitative estimate of drug-likeness (QED) is 0.692. The number of aromatic nitrogens is 1. The van der Waals surface area contributed by atoms with Crippen LogP contribution >= 0.6 is 0 Å². The number of nitro benzene ring substituents is 1. The van der Waals surface area contributed by atoms with Gasteiger partial charge >= 0.3 is 6.03 Å². The molecule has 1 fully saturated rings. The lowest BCUT2D eigenvalue weighted by atomic mass is 10.1. The molecule has 8 heteroatoms. The van der Waals surface area contributed by atoms with E-state index < -0.39 is 4.92 Å². The van der Waals surface area contributed by atoms with Crippen LogP contribution in [0.1, 0.15) is 11.7 Å². The van der Waals surface area contributed by atoms with Crippen molar-refractivity contribution >= 4 is 17.4 Å². The van der Waals surface area contributed by atoms with Crippen LogP contribution < -0.4 is 5.32 Å². The molecule has 126 valence electrons. The number of aryl methyl sites for hydroxylation is 1. The third-order valence-electron chi connectivity index (χ3n) is 4.02. The zero-order valence-electron chi connectivity index (χ0n) is 13.2. The molecule has 1 aliphatic rings. The van der Waals surface area contributed by atoms with Gasteiger partial charge in [-0.2, -0.15) is 0 Å². The zero-order valence-corrected chi connectivity index (χ0v) is 13.2. The number of hydrogen-bond acceptors (Lipinski definition) is 4. The van der Waals surface area contributed by atoms with Gasteiger partial charge in [0.2, 0.25) is 0 Å². The number of urea groups is 1. The van der Waals surface area contributed by atoms with Gasteiger partial charge in [-0.05, 0) is 18.2 Å². The van der Waals surface area contributed by atoms with E-state index in [1.54, 1.807) is 17.0 Å². The molecular weight excluding hydrogens is 312 g/mol. The lowest BCUT2D eigenvalue weighted by molar-refractivity contribution is -0.384. The maximum absolute atomic E-state index is 12.6. The second-order valence-electron chi connectivity index (χ2n) is 5.57. The molecule has 0 saturated carbocycles. The molecule has 1 aromatic heterocycles. The van der Waals surface area contributed by atoms with Gasteiger partial charge in [0.25, 0.3) is 5.69 Å². The summed E-state index contributed by atoms with van der Waals surface area (Å²) in [5.41, 5.74) is 1.31. The first-order valence-corrected chi connectivity index (χ1v) is 7.57. The molecule has 1 atom stereocenters. The maximum atomic E-state index is 12.6. The first-order valence-electron chi connectivity index (χ1n) is 7.57. The predicted octanol–water partition coefficient (Wildman–Crippen LogP) is 2.54. The fourth-order valence-electron chi connectivity index (χ4n) is 2.80. The number of carbonyl (C=O) groups is 1. The number of morpholine rings is 1. The van der Waals surface area contributed by atoms with E-state index in [1.807, 2.05) is 29.9 Å². The van der Waals surface area contributed by atoms with Crippen molar-refractivity contribution in [1.82, 2.24) is 9.47 Å². The molecule has 1 saturated heterocycles. The van der Waals surface area contributed by atoms with Crippen molar-refractivity contribution in [3.63, 3.8) is 0 Å². The van der Waals surface area contributed by atoms with Crippen LogP contribution in [-0.2, 0) is 11.8 Å². The van der Waals surface area contributed by atoms with Crippen LogP contribution in [0.2, 0.25) is 0 Å². The van der Waals surface area contributed by atoms with Gasteiger partial charge in [-0.15, -0.1) is 0 Å². The average molecular weight is 330 g/mol. The van der Waals surface area contributed by atoms with Gasteiger partial charge < -0.3 is 19.5 Å². The van der Waals surface area contributed by atoms with Crippen molar-refractivity contribution in [2.75, 3.05) is 25.1 Å². The van der Waals surface area contributed by atoms with Crippen LogP contribution in [0.5, 0.6) is 0 Å². The van der Waals surface area contributed by atoms with Crippen molar-refractivity contribution < 1.29 is 14.5 Å². The summed E-state index contributed by atoms with van der Waals surface area (Å²) in [7, 11) is 1.92. The van der Waals surface area contributed by atoms with Crippen LogP contribution in [0.25, 0.3) is 0 Å². The maximum Gasteiger partial charge on any atom is 0.322 e. The lowest BCUT2D eigenvalue weighted by Crippen LogP contribution is -2.46. The molecule has 2 aromatic rings. The molecule has 3 rings (SSSR count). The monoisotopic (exact) mass is 330 g/mol. The van der Waals surface area contributed by atoms with E-state index in [9.17, 15) is 14.9 Å². The Bertz CT molecular complexity index is 758. The smallest absolute Gasteiger partial charge is 0.322 e. The minimum Gasteiger partial charge on any atom is -0.377 e. The number of nitrogens with zero attached hydrogens (tertiary/aromatic N) is 3. The summed E-state index contributed by atoms with van der Waals surface area (Å²) in [4.78, 5) is 24.7. The fourth-order valence-corrected chi connectivity index (χ4v) is 2.80. The van der Waals surface area contributed by atoms with Gasteiger partial charge in [0.1, 0.15) is 0 Å². The van der Waals surface area contributed by atoms with Gasteiger partial charge in [-0.1, -0.05) is 6.07 Å². The Morgan fingerprint density at radius 1 is 1.38 bits per heavy atom. The Morgan fingerprint density at radius 3 is 2.92 bits per heavy atom. The highest BCUT2D eigenvalue weighted by atomic mass is 16.6. The van der Waals surface area contributed by atoms with Crippen molar-refractivity contribution in [2.24, 2.45) is 7.05 Å². The molecule has 0 bridgehead atoms. The summed E-state index contributed by atoms with van der Waals surface area (Å²) in [6.45, 7) is 1.33. The molecule has 2 amide bonds. The molecular formula is C16H18N4O4. The zero-order chi connectivity index (χ0) is 17.1. The number of nitrogens with one attached hydrogen (secondary N) is 1. The van der Waals surface area contributed by atoms with Gasteiger partial charge in [0.05, 0.1) is 24.2 Å². The van der Waals surface area contributed by atoms with Crippen LogP contribution in [0.4, 0.5) is 16.2 Å². The summed E-state index contributed by atoms with van der Waals surface area (Å²) >= 11 is 0. The van der Waals surface area contributed by atoms with Crippen LogP contribution in [-0.4, -0.2) is 40.2 Å². The molecule has 1 unspecified atom stereocenters. The average Bonchev–Trinajstić information content (AvgIpc) is 3.01. The molecule has 1 aromatic carbocycles. The number of rotatable bonds is 3. The van der Waals surface area contributed by atoms with E-state index in [4.69, 9.17) is 4.74 Å². The summed E-state index contributed by atoms with van der Waals surface area (Å²) < 4.78 is 7.47. The summed E-state index contributed by atoms with van der Waals surface area (Å²) in [5.74, 6) is 0. The Labute approximate surface area is 138 Å². The van der Waals surface area contributed by atoms with Crippen molar-refractivity contribution in [1.29, 1.82) is 0 Å². The number of anilines is 1. The van der Waals surface area contributed by atoms with E-state index >= 15 is 0 Å². The number of hydrogen-bond donors (Lipinski definition) is 1. The third kappa shape index (κ3) is 3.23. The highest BCUT2D eigenvalue weighted by Crippen LogP contribution is 2.25. The molecule has 8 nitrogen and oxygen atoms in total. The molecule has 1 N–H and O–H groups in total. The SMILES string of the molecule is Cn1cccc1C1COCCN1C(=O)Nc1cccc([N+](=O)[O-])c1. The van der Waals surface area contributed by atoms with Crippen molar-refractivity contribution in [2.45, 2.75) is 6.04 Å². The number of carbonyl (C=O) groups excluding carboxylic acids is 1. The van der Waals surface area contributed by atoms with Gasteiger partial charge in [-0.3, -0.25) is 10.1 Å². The number of amides is 2. The van der Waals surface area contributed by atoms with E-state index in [0.29, 0.717) is 25.4 Å². The number of non-ortho nitro benzene ring substituents is 1. The van der Waals surface area contributed by atoms with E-state index in [0.717, 1.165) is 5.69 Å². The molecule has 1 aliphatic heterocycles. The molecule has 2 heterocycles. The predicted molar refractivity (Wildman–Crippen MR) is 87.8 cm³/mol. The number of ether oxygens (including phenoxy) is 1. The minimum atomic E-state index is -0.489.